The first-order valence-corrected chi connectivity index (χ1v) is 6.79. The third-order valence-corrected chi connectivity index (χ3v) is 3.11. The molecule has 104 valence electrons. The highest BCUT2D eigenvalue weighted by Gasteiger charge is 2.19. The van der Waals surface area contributed by atoms with Gasteiger partial charge in [-0.1, -0.05) is 43.9 Å². The van der Waals surface area contributed by atoms with Crippen LogP contribution in [0.15, 0.2) is 36.7 Å². The van der Waals surface area contributed by atoms with Crippen molar-refractivity contribution in [3.8, 4) is 11.8 Å². The molecule has 0 saturated heterocycles. The van der Waals surface area contributed by atoms with Crippen LogP contribution in [0.4, 0.5) is 0 Å². The maximum absolute atomic E-state index is 4.18. The zero-order valence-electron chi connectivity index (χ0n) is 12.2. The molecule has 4 heteroatoms. The highest BCUT2D eigenvalue weighted by Crippen LogP contribution is 2.18. The van der Waals surface area contributed by atoms with Crippen molar-refractivity contribution in [1.82, 2.24) is 20.1 Å². The predicted molar refractivity (Wildman–Crippen MR) is 79.9 cm³/mol. The molecule has 1 aromatic heterocycles. The van der Waals surface area contributed by atoms with Gasteiger partial charge in [0, 0.05) is 12.6 Å². The van der Waals surface area contributed by atoms with E-state index in [9.17, 15) is 0 Å². The highest BCUT2D eigenvalue weighted by molar-refractivity contribution is 5.33. The molecule has 0 aliphatic heterocycles. The lowest BCUT2D eigenvalue weighted by molar-refractivity contribution is 0.402. The Morgan fingerprint density at radius 3 is 2.60 bits per heavy atom. The van der Waals surface area contributed by atoms with Gasteiger partial charge in [0.1, 0.15) is 12.2 Å². The Hall–Kier alpha value is -2.12. The molecule has 4 nitrogen and oxygen atoms in total. The standard InChI is InChI=1S/C16H20N4/c1-13(2)15(16-19-18-12-20(16)3)17-11-7-10-14-8-5-4-6-9-14/h4-6,8-9,12-13,15,17H,11H2,1-3H3. The van der Waals surface area contributed by atoms with E-state index in [0.717, 1.165) is 11.4 Å². The van der Waals surface area contributed by atoms with Crippen molar-refractivity contribution >= 4 is 0 Å². The van der Waals surface area contributed by atoms with E-state index < -0.39 is 0 Å². The average Bonchev–Trinajstić information content (AvgIpc) is 2.85. The molecule has 20 heavy (non-hydrogen) atoms. The summed E-state index contributed by atoms with van der Waals surface area (Å²) in [6.07, 6.45) is 1.72. The second kappa shape index (κ2) is 6.88. The summed E-state index contributed by atoms with van der Waals surface area (Å²) in [5.74, 6) is 7.67. The third kappa shape index (κ3) is 3.69. The van der Waals surface area contributed by atoms with Gasteiger partial charge in [0.15, 0.2) is 0 Å². The van der Waals surface area contributed by atoms with Gasteiger partial charge in [-0.15, -0.1) is 10.2 Å². The van der Waals surface area contributed by atoms with Gasteiger partial charge in [-0.05, 0) is 18.1 Å². The molecule has 0 amide bonds. The van der Waals surface area contributed by atoms with Crippen LogP contribution in [0.1, 0.15) is 31.3 Å². The topological polar surface area (TPSA) is 42.7 Å². The third-order valence-electron chi connectivity index (χ3n) is 3.11. The zero-order valence-corrected chi connectivity index (χ0v) is 12.2. The van der Waals surface area contributed by atoms with E-state index >= 15 is 0 Å². The van der Waals surface area contributed by atoms with Gasteiger partial charge in [0.25, 0.3) is 0 Å². The number of aryl methyl sites for hydroxylation is 1. The SMILES string of the molecule is CC(C)C(NCC#Cc1ccccc1)c1nncn1C. The minimum atomic E-state index is 0.160. The molecule has 0 spiro atoms. The van der Waals surface area contributed by atoms with Gasteiger partial charge >= 0.3 is 0 Å². The van der Waals surface area contributed by atoms with Crippen LogP contribution in [-0.4, -0.2) is 21.3 Å². The molecule has 0 aliphatic carbocycles. The maximum Gasteiger partial charge on any atom is 0.150 e. The number of rotatable bonds is 4. The Morgan fingerprint density at radius 2 is 2.00 bits per heavy atom. The second-order valence-electron chi connectivity index (χ2n) is 5.07. The Kier molecular flexibility index (Phi) is 4.91. The van der Waals surface area contributed by atoms with Crippen LogP contribution in [0.25, 0.3) is 0 Å². The molecule has 1 unspecified atom stereocenters. The van der Waals surface area contributed by atoms with Gasteiger partial charge in [-0.25, -0.2) is 0 Å². The van der Waals surface area contributed by atoms with Gasteiger partial charge in [0.2, 0.25) is 0 Å². The van der Waals surface area contributed by atoms with Crippen molar-refractivity contribution in [2.24, 2.45) is 13.0 Å². The van der Waals surface area contributed by atoms with E-state index in [1.165, 1.54) is 0 Å². The Morgan fingerprint density at radius 1 is 1.25 bits per heavy atom. The first kappa shape index (κ1) is 14.3. The second-order valence-corrected chi connectivity index (χ2v) is 5.07. The maximum atomic E-state index is 4.18. The molecule has 1 N–H and O–H groups in total. The number of nitrogens with zero attached hydrogens (tertiary/aromatic N) is 3. The molecular weight excluding hydrogens is 248 g/mol. The lowest BCUT2D eigenvalue weighted by Crippen LogP contribution is -2.28. The van der Waals surface area contributed by atoms with Crippen LogP contribution < -0.4 is 5.32 Å². The van der Waals surface area contributed by atoms with Gasteiger partial charge < -0.3 is 4.57 Å². The molecule has 1 aromatic carbocycles. The molecule has 0 saturated carbocycles. The molecule has 0 bridgehead atoms. The van der Waals surface area contributed by atoms with Crippen LogP contribution in [0.3, 0.4) is 0 Å². The lowest BCUT2D eigenvalue weighted by atomic mass is 10.0. The highest BCUT2D eigenvalue weighted by atomic mass is 15.3. The minimum absolute atomic E-state index is 0.160. The largest absolute Gasteiger partial charge is 0.319 e. The molecule has 0 radical (unpaired) electrons. The summed E-state index contributed by atoms with van der Waals surface area (Å²) >= 11 is 0. The Bertz CT molecular complexity index is 590. The Labute approximate surface area is 120 Å². The lowest BCUT2D eigenvalue weighted by Gasteiger charge is -2.20. The fraction of sp³-hybridized carbons (Fsp3) is 0.375. The summed E-state index contributed by atoms with van der Waals surface area (Å²) in [5, 5.41) is 11.6. The summed E-state index contributed by atoms with van der Waals surface area (Å²) in [7, 11) is 1.96. The van der Waals surface area contributed by atoms with Gasteiger partial charge in [-0.2, -0.15) is 0 Å². The minimum Gasteiger partial charge on any atom is -0.319 e. The summed E-state index contributed by atoms with van der Waals surface area (Å²) in [5.41, 5.74) is 1.04. The summed E-state index contributed by atoms with van der Waals surface area (Å²) < 4.78 is 1.95. The van der Waals surface area contributed by atoms with Gasteiger partial charge in [0.05, 0.1) is 12.6 Å². The summed E-state index contributed by atoms with van der Waals surface area (Å²) in [4.78, 5) is 0. The van der Waals surface area contributed by atoms with Crippen molar-refractivity contribution in [2.75, 3.05) is 6.54 Å². The molecule has 2 aromatic rings. The van der Waals surface area contributed by atoms with Gasteiger partial charge in [-0.3, -0.25) is 5.32 Å². The quantitative estimate of drug-likeness (QED) is 0.864. The number of benzene rings is 1. The average molecular weight is 268 g/mol. The molecular formula is C16H20N4. The van der Waals surface area contributed by atoms with E-state index in [-0.39, 0.29) is 6.04 Å². The van der Waals surface area contributed by atoms with E-state index in [2.05, 4.69) is 41.2 Å². The molecule has 0 fully saturated rings. The Balaban J connectivity index is 1.98. The molecule has 0 aliphatic rings. The molecule has 1 heterocycles. The fourth-order valence-corrected chi connectivity index (χ4v) is 2.03. The van der Waals surface area contributed by atoms with Crippen molar-refractivity contribution in [3.05, 3.63) is 48.0 Å². The first-order valence-electron chi connectivity index (χ1n) is 6.79. The van der Waals surface area contributed by atoms with Crippen LogP contribution in [-0.2, 0) is 7.05 Å². The fourth-order valence-electron chi connectivity index (χ4n) is 2.03. The number of hydrogen-bond donors (Lipinski definition) is 1. The zero-order chi connectivity index (χ0) is 14.4. The first-order chi connectivity index (χ1) is 9.68. The van der Waals surface area contributed by atoms with Crippen molar-refractivity contribution in [2.45, 2.75) is 19.9 Å². The molecule has 1 atom stereocenters. The van der Waals surface area contributed by atoms with E-state index in [1.54, 1.807) is 6.33 Å². The van der Waals surface area contributed by atoms with Crippen molar-refractivity contribution in [1.29, 1.82) is 0 Å². The van der Waals surface area contributed by atoms with Crippen LogP contribution in [0.5, 0.6) is 0 Å². The normalized spacial score (nSPS) is 12.0. The summed E-state index contributed by atoms with van der Waals surface area (Å²) in [6.45, 7) is 4.96. The monoisotopic (exact) mass is 268 g/mol. The number of nitrogens with one attached hydrogen (secondary N) is 1. The predicted octanol–water partition coefficient (Wildman–Crippen LogP) is 2.15. The van der Waals surface area contributed by atoms with Crippen LogP contribution in [0, 0.1) is 17.8 Å². The number of aromatic nitrogens is 3. The smallest absolute Gasteiger partial charge is 0.150 e. The summed E-state index contributed by atoms with van der Waals surface area (Å²) in [6, 6.07) is 10.2. The number of hydrogen-bond acceptors (Lipinski definition) is 3. The van der Waals surface area contributed by atoms with Crippen LogP contribution >= 0.6 is 0 Å². The van der Waals surface area contributed by atoms with Crippen molar-refractivity contribution < 1.29 is 0 Å². The van der Waals surface area contributed by atoms with Crippen LogP contribution in [0.2, 0.25) is 0 Å². The van der Waals surface area contributed by atoms with Crippen molar-refractivity contribution in [3.63, 3.8) is 0 Å². The molecule has 2 rings (SSSR count). The van der Waals surface area contributed by atoms with E-state index in [1.807, 2.05) is 41.9 Å². The van der Waals surface area contributed by atoms with E-state index in [4.69, 9.17) is 0 Å². The van der Waals surface area contributed by atoms with E-state index in [0.29, 0.717) is 12.5 Å².